The van der Waals surface area contributed by atoms with E-state index in [9.17, 15) is 4.79 Å². The molecule has 0 saturated carbocycles. The van der Waals surface area contributed by atoms with Crippen molar-refractivity contribution in [3.8, 4) is 0 Å². The van der Waals surface area contributed by atoms with Crippen LogP contribution in [0.3, 0.4) is 0 Å². The second-order valence-corrected chi connectivity index (χ2v) is 5.12. The Kier molecular flexibility index (Phi) is 5.43. The quantitative estimate of drug-likeness (QED) is 0.337. The summed E-state index contributed by atoms with van der Waals surface area (Å²) in [6.45, 7) is 9.29. The minimum atomic E-state index is -0.476. The average Bonchev–Trinajstić information content (AvgIpc) is 2.14. The van der Waals surface area contributed by atoms with Crippen LogP contribution in [-0.4, -0.2) is 23.2 Å². The molecule has 0 aromatic rings. The van der Waals surface area contributed by atoms with Gasteiger partial charge in [-0.25, -0.2) is 0 Å². The van der Waals surface area contributed by atoms with Gasteiger partial charge in [0.1, 0.15) is 5.04 Å². The normalized spacial score (nSPS) is 14.5. The number of nitrogens with zero attached hydrogens (tertiary/aromatic N) is 1. The Balaban J connectivity index is 5.09. The van der Waals surface area contributed by atoms with Crippen molar-refractivity contribution in [2.24, 2.45) is 16.5 Å². The van der Waals surface area contributed by atoms with Crippen LogP contribution in [0.1, 0.15) is 20.8 Å². The van der Waals surface area contributed by atoms with E-state index < -0.39 is 5.92 Å². The van der Waals surface area contributed by atoms with Gasteiger partial charge in [-0.15, -0.1) is 0 Å². The highest BCUT2D eigenvalue weighted by Gasteiger charge is 2.35. The Bertz CT molecular complexity index is 269. The van der Waals surface area contributed by atoms with Gasteiger partial charge in [-0.2, -0.15) is 0 Å². The molecule has 0 heterocycles. The first kappa shape index (κ1) is 14.0. The van der Waals surface area contributed by atoms with Gasteiger partial charge < -0.3 is 10.5 Å². The van der Waals surface area contributed by atoms with Crippen LogP contribution in [0.4, 0.5) is 0 Å². The molecular weight excluding hydrogens is 212 g/mol. The fourth-order valence-electron chi connectivity index (χ4n) is 1.25. The van der Waals surface area contributed by atoms with Gasteiger partial charge in [-0.1, -0.05) is 44.3 Å². The maximum atomic E-state index is 11.7. The molecule has 1 amide bonds. The summed E-state index contributed by atoms with van der Waals surface area (Å²) >= 11 is 1.16. The van der Waals surface area contributed by atoms with Crippen LogP contribution in [0.25, 0.3) is 0 Å². The van der Waals surface area contributed by atoms with Gasteiger partial charge in [0.15, 0.2) is 0 Å². The van der Waals surface area contributed by atoms with Crippen molar-refractivity contribution in [3.63, 3.8) is 0 Å². The SMILES string of the molecule is C=CSC(=NO)C(C(=O)NC)C(C)(C)C. The lowest BCUT2D eigenvalue weighted by atomic mass is 9.81. The van der Waals surface area contributed by atoms with Crippen molar-refractivity contribution < 1.29 is 10.0 Å². The molecule has 0 aliphatic carbocycles. The number of nitrogens with one attached hydrogen (secondary N) is 1. The molecule has 2 N–H and O–H groups in total. The Morgan fingerprint density at radius 1 is 1.60 bits per heavy atom. The molecule has 1 atom stereocenters. The topological polar surface area (TPSA) is 61.7 Å². The Morgan fingerprint density at radius 3 is 2.40 bits per heavy atom. The predicted molar refractivity (Wildman–Crippen MR) is 64.0 cm³/mol. The van der Waals surface area contributed by atoms with Crippen molar-refractivity contribution in [2.75, 3.05) is 7.05 Å². The molecule has 1 unspecified atom stereocenters. The smallest absolute Gasteiger partial charge is 0.230 e. The van der Waals surface area contributed by atoms with Gasteiger partial charge in [-0.3, -0.25) is 4.79 Å². The van der Waals surface area contributed by atoms with Crippen molar-refractivity contribution in [1.82, 2.24) is 5.32 Å². The van der Waals surface area contributed by atoms with E-state index in [-0.39, 0.29) is 11.3 Å². The highest BCUT2D eigenvalue weighted by Crippen LogP contribution is 2.31. The first-order valence-electron chi connectivity index (χ1n) is 4.59. The molecule has 0 aromatic carbocycles. The monoisotopic (exact) mass is 230 g/mol. The number of amides is 1. The highest BCUT2D eigenvalue weighted by atomic mass is 32.2. The van der Waals surface area contributed by atoms with Crippen molar-refractivity contribution in [3.05, 3.63) is 12.0 Å². The zero-order valence-electron chi connectivity index (χ0n) is 9.57. The van der Waals surface area contributed by atoms with Crippen LogP contribution in [-0.2, 0) is 4.79 Å². The number of rotatable bonds is 3. The molecule has 0 aromatic heterocycles. The van der Waals surface area contributed by atoms with Crippen LogP contribution < -0.4 is 5.32 Å². The molecule has 0 radical (unpaired) electrons. The summed E-state index contributed by atoms with van der Waals surface area (Å²) in [5.41, 5.74) is -0.308. The van der Waals surface area contributed by atoms with Crippen molar-refractivity contribution in [1.29, 1.82) is 0 Å². The molecule has 0 saturated heterocycles. The first-order chi connectivity index (χ1) is 6.88. The summed E-state index contributed by atoms with van der Waals surface area (Å²) in [6.07, 6.45) is 0. The van der Waals surface area contributed by atoms with Gasteiger partial charge >= 0.3 is 0 Å². The summed E-state index contributed by atoms with van der Waals surface area (Å²) in [6, 6.07) is 0. The molecule has 0 aliphatic rings. The summed E-state index contributed by atoms with van der Waals surface area (Å²) in [7, 11) is 1.56. The predicted octanol–water partition coefficient (Wildman–Crippen LogP) is 2.06. The number of carbonyl (C=O) groups is 1. The molecule has 0 spiro atoms. The highest BCUT2D eigenvalue weighted by molar-refractivity contribution is 8.16. The maximum absolute atomic E-state index is 11.7. The standard InChI is InChI=1S/C10H18N2O2S/c1-6-15-9(12-14)7(8(13)11-5)10(2,3)4/h6-7,14H,1H2,2-5H3,(H,11,13). The molecule has 0 rings (SSSR count). The lowest BCUT2D eigenvalue weighted by Crippen LogP contribution is -2.40. The number of oxime groups is 1. The summed E-state index contributed by atoms with van der Waals surface area (Å²) in [4.78, 5) is 11.7. The van der Waals surface area contributed by atoms with Crippen LogP contribution in [0.5, 0.6) is 0 Å². The van der Waals surface area contributed by atoms with Gasteiger partial charge in [-0.05, 0) is 10.8 Å². The minimum absolute atomic E-state index is 0.162. The Labute approximate surface area is 94.8 Å². The molecule has 0 fully saturated rings. The van der Waals surface area contributed by atoms with E-state index in [0.29, 0.717) is 5.04 Å². The maximum Gasteiger partial charge on any atom is 0.230 e. The van der Waals surface area contributed by atoms with Gasteiger partial charge in [0.25, 0.3) is 0 Å². The number of hydrogen-bond donors (Lipinski definition) is 2. The number of carbonyl (C=O) groups excluding carboxylic acids is 1. The van der Waals surface area contributed by atoms with Gasteiger partial charge in [0, 0.05) is 7.05 Å². The largest absolute Gasteiger partial charge is 0.410 e. The third-order valence-corrected chi connectivity index (χ3v) is 2.65. The Hall–Kier alpha value is -0.970. The second-order valence-electron chi connectivity index (χ2n) is 4.14. The molecule has 86 valence electrons. The molecule has 15 heavy (non-hydrogen) atoms. The fourth-order valence-corrected chi connectivity index (χ4v) is 2.07. The van der Waals surface area contributed by atoms with E-state index in [4.69, 9.17) is 5.21 Å². The van der Waals surface area contributed by atoms with E-state index in [1.807, 2.05) is 20.8 Å². The molecule has 5 heteroatoms. The van der Waals surface area contributed by atoms with Crippen molar-refractivity contribution >= 4 is 22.7 Å². The summed E-state index contributed by atoms with van der Waals surface area (Å²) < 4.78 is 0. The lowest BCUT2D eigenvalue weighted by molar-refractivity contribution is -0.124. The third-order valence-electron chi connectivity index (χ3n) is 1.92. The molecule has 0 aliphatic heterocycles. The number of thioether (sulfide) groups is 1. The van der Waals surface area contributed by atoms with E-state index in [1.54, 1.807) is 7.05 Å². The first-order valence-corrected chi connectivity index (χ1v) is 5.47. The van der Waals surface area contributed by atoms with E-state index >= 15 is 0 Å². The lowest BCUT2D eigenvalue weighted by Gasteiger charge is -2.28. The average molecular weight is 230 g/mol. The fraction of sp³-hybridized carbons (Fsp3) is 0.600. The zero-order valence-corrected chi connectivity index (χ0v) is 10.4. The summed E-state index contributed by atoms with van der Waals surface area (Å²) in [5.74, 6) is -0.639. The van der Waals surface area contributed by atoms with Crippen LogP contribution in [0, 0.1) is 11.3 Å². The van der Waals surface area contributed by atoms with Crippen molar-refractivity contribution in [2.45, 2.75) is 20.8 Å². The van der Waals surface area contributed by atoms with Gasteiger partial charge in [0.05, 0.1) is 5.92 Å². The van der Waals surface area contributed by atoms with Crippen LogP contribution in [0.15, 0.2) is 17.1 Å². The second kappa shape index (κ2) is 5.80. The molecule has 4 nitrogen and oxygen atoms in total. The zero-order chi connectivity index (χ0) is 12.1. The van der Waals surface area contributed by atoms with Crippen LogP contribution >= 0.6 is 11.8 Å². The molecular formula is C10H18N2O2S. The summed E-state index contributed by atoms with van der Waals surface area (Å²) in [5, 5.41) is 16.5. The number of hydrogen-bond acceptors (Lipinski definition) is 4. The van der Waals surface area contributed by atoms with E-state index in [2.05, 4.69) is 17.1 Å². The third kappa shape index (κ3) is 3.95. The van der Waals surface area contributed by atoms with E-state index in [0.717, 1.165) is 11.8 Å². The van der Waals surface area contributed by atoms with E-state index in [1.165, 1.54) is 5.41 Å². The Morgan fingerprint density at radius 2 is 2.13 bits per heavy atom. The molecule has 0 bridgehead atoms. The van der Waals surface area contributed by atoms with Crippen LogP contribution in [0.2, 0.25) is 0 Å². The van der Waals surface area contributed by atoms with Gasteiger partial charge in [0.2, 0.25) is 5.91 Å². The minimum Gasteiger partial charge on any atom is -0.410 e.